The number of para-hydroxylation sites is 1. The molecule has 1 aromatic rings. The fourth-order valence-corrected chi connectivity index (χ4v) is 3.34. The van der Waals surface area contributed by atoms with E-state index in [9.17, 15) is 14.0 Å². The van der Waals surface area contributed by atoms with Crippen LogP contribution in [-0.4, -0.2) is 34.4 Å². The molecule has 1 aromatic carbocycles. The van der Waals surface area contributed by atoms with Gasteiger partial charge in [-0.1, -0.05) is 25.5 Å². The van der Waals surface area contributed by atoms with Crippen molar-refractivity contribution in [1.29, 1.82) is 0 Å². The van der Waals surface area contributed by atoms with E-state index in [-0.39, 0.29) is 17.5 Å². The van der Waals surface area contributed by atoms with E-state index in [0.717, 1.165) is 12.8 Å². The lowest BCUT2D eigenvalue weighted by molar-refractivity contribution is -0.136. The number of amides is 2. The number of nitrogens with one attached hydrogen (secondary N) is 1. The Bertz CT molecular complexity index is 524. The number of halogens is 1. The van der Waals surface area contributed by atoms with Crippen LogP contribution in [0.4, 0.5) is 10.1 Å². The zero-order chi connectivity index (χ0) is 15.2. The number of anilines is 1. The molecular formula is C15H19FN2O2S. The van der Waals surface area contributed by atoms with Crippen molar-refractivity contribution in [3.63, 3.8) is 0 Å². The van der Waals surface area contributed by atoms with Crippen LogP contribution in [0.3, 0.4) is 0 Å². The molecule has 1 aliphatic rings. The van der Waals surface area contributed by atoms with Crippen LogP contribution in [0.25, 0.3) is 0 Å². The molecule has 21 heavy (non-hydrogen) atoms. The summed E-state index contributed by atoms with van der Waals surface area (Å²) in [4.78, 5) is 26.0. The molecule has 1 fully saturated rings. The van der Waals surface area contributed by atoms with Crippen molar-refractivity contribution in [2.45, 2.75) is 32.2 Å². The lowest BCUT2D eigenvalue weighted by Crippen LogP contribution is -2.44. The first-order valence-corrected chi connectivity index (χ1v) is 8.21. The van der Waals surface area contributed by atoms with Crippen molar-refractivity contribution < 1.29 is 14.0 Å². The first kappa shape index (κ1) is 15.8. The lowest BCUT2D eigenvalue weighted by Gasteiger charge is -2.23. The summed E-state index contributed by atoms with van der Waals surface area (Å²) in [5.41, 5.74) is 0.153. The maximum Gasteiger partial charge on any atom is 0.248 e. The molecule has 0 aliphatic carbocycles. The molecule has 1 N–H and O–H groups in total. The Morgan fingerprint density at radius 1 is 1.43 bits per heavy atom. The normalized spacial score (nSPS) is 17.8. The van der Waals surface area contributed by atoms with E-state index < -0.39 is 11.9 Å². The third-order valence-electron chi connectivity index (χ3n) is 3.38. The first-order valence-electron chi connectivity index (χ1n) is 7.06. The minimum absolute atomic E-state index is 0.00414. The molecule has 1 unspecified atom stereocenters. The van der Waals surface area contributed by atoms with Gasteiger partial charge in [-0.25, -0.2) is 4.39 Å². The highest BCUT2D eigenvalue weighted by Crippen LogP contribution is 2.24. The van der Waals surface area contributed by atoms with Crippen LogP contribution in [0.5, 0.6) is 0 Å². The number of hydrogen-bond donors (Lipinski definition) is 1. The summed E-state index contributed by atoms with van der Waals surface area (Å²) in [6, 6.07) is 5.52. The number of carbonyl (C=O) groups excluding carboxylic acids is 2. The van der Waals surface area contributed by atoms with Crippen LogP contribution in [0.15, 0.2) is 24.3 Å². The van der Waals surface area contributed by atoms with E-state index in [1.165, 1.54) is 12.1 Å². The molecule has 0 bridgehead atoms. The minimum atomic E-state index is -0.515. The molecule has 114 valence electrons. The van der Waals surface area contributed by atoms with E-state index in [1.807, 2.05) is 6.92 Å². The van der Waals surface area contributed by atoms with Gasteiger partial charge < -0.3 is 10.2 Å². The van der Waals surface area contributed by atoms with Crippen LogP contribution >= 0.6 is 11.8 Å². The molecule has 0 radical (unpaired) electrons. The smallest absolute Gasteiger partial charge is 0.248 e. The maximum absolute atomic E-state index is 13.6. The fraction of sp³-hybridized carbons (Fsp3) is 0.467. The predicted molar refractivity (Wildman–Crippen MR) is 82.5 cm³/mol. The molecule has 1 saturated heterocycles. The van der Waals surface area contributed by atoms with Crippen molar-refractivity contribution in [3.8, 4) is 0 Å². The highest BCUT2D eigenvalue weighted by Gasteiger charge is 2.34. The topological polar surface area (TPSA) is 49.4 Å². The van der Waals surface area contributed by atoms with Gasteiger partial charge in [0.15, 0.2) is 0 Å². The molecule has 0 saturated carbocycles. The van der Waals surface area contributed by atoms with Crippen LogP contribution in [0.1, 0.15) is 26.2 Å². The Hall–Kier alpha value is -1.56. The molecule has 6 heteroatoms. The van der Waals surface area contributed by atoms with Crippen molar-refractivity contribution in [2.24, 2.45) is 0 Å². The third-order valence-corrected chi connectivity index (χ3v) is 4.39. The van der Waals surface area contributed by atoms with Gasteiger partial charge in [0.05, 0.1) is 11.6 Å². The SMILES string of the molecule is CCCCC(=O)N1CSCC1C(=O)Nc1ccccc1F. The number of hydrogen-bond acceptors (Lipinski definition) is 3. The second-order valence-electron chi connectivity index (χ2n) is 4.95. The number of benzene rings is 1. The predicted octanol–water partition coefficient (Wildman–Crippen LogP) is 2.86. The van der Waals surface area contributed by atoms with Gasteiger partial charge in [0.1, 0.15) is 11.9 Å². The second-order valence-corrected chi connectivity index (χ2v) is 5.95. The number of carbonyl (C=O) groups is 2. The summed E-state index contributed by atoms with van der Waals surface area (Å²) in [5, 5.41) is 2.57. The monoisotopic (exact) mass is 310 g/mol. The van der Waals surface area contributed by atoms with Gasteiger partial charge in [-0.05, 0) is 18.6 Å². The number of rotatable bonds is 5. The molecular weight excluding hydrogens is 291 g/mol. The van der Waals surface area contributed by atoms with E-state index in [2.05, 4.69) is 5.32 Å². The summed E-state index contributed by atoms with van der Waals surface area (Å²) >= 11 is 1.55. The standard InChI is InChI=1S/C15H19FN2O2S/c1-2-3-8-14(19)18-10-21-9-13(18)15(20)17-12-7-5-4-6-11(12)16/h4-7,13H,2-3,8-10H2,1H3,(H,17,20). The largest absolute Gasteiger partial charge is 0.322 e. The fourth-order valence-electron chi connectivity index (χ4n) is 2.16. The first-order chi connectivity index (χ1) is 10.1. The Morgan fingerprint density at radius 3 is 2.90 bits per heavy atom. The minimum Gasteiger partial charge on any atom is -0.322 e. The molecule has 0 spiro atoms. The van der Waals surface area contributed by atoms with Gasteiger partial charge in [0, 0.05) is 12.2 Å². The number of nitrogens with zero attached hydrogens (tertiary/aromatic N) is 1. The van der Waals surface area contributed by atoms with E-state index in [4.69, 9.17) is 0 Å². The average Bonchev–Trinajstić information content (AvgIpc) is 2.96. The van der Waals surface area contributed by atoms with Crippen molar-refractivity contribution in [3.05, 3.63) is 30.1 Å². The average molecular weight is 310 g/mol. The summed E-state index contributed by atoms with van der Waals surface area (Å²) < 4.78 is 13.6. The quantitative estimate of drug-likeness (QED) is 0.910. The third kappa shape index (κ3) is 3.97. The molecule has 0 aromatic heterocycles. The lowest BCUT2D eigenvalue weighted by atomic mass is 10.2. The number of thioether (sulfide) groups is 1. The van der Waals surface area contributed by atoms with Gasteiger partial charge in [0.25, 0.3) is 0 Å². The Morgan fingerprint density at radius 2 is 2.19 bits per heavy atom. The van der Waals surface area contributed by atoms with Gasteiger partial charge in [-0.15, -0.1) is 11.8 Å². The van der Waals surface area contributed by atoms with Gasteiger partial charge >= 0.3 is 0 Å². The molecule has 1 heterocycles. The summed E-state index contributed by atoms with van der Waals surface area (Å²) in [5.74, 6) is 0.279. The Balaban J connectivity index is 2.01. The van der Waals surface area contributed by atoms with Crippen LogP contribution in [0, 0.1) is 5.82 Å². The van der Waals surface area contributed by atoms with Crippen molar-refractivity contribution >= 4 is 29.3 Å². The Labute approximate surface area is 128 Å². The molecule has 1 atom stereocenters. The zero-order valence-electron chi connectivity index (χ0n) is 12.0. The highest BCUT2D eigenvalue weighted by molar-refractivity contribution is 7.99. The molecule has 2 amide bonds. The van der Waals surface area contributed by atoms with Crippen LogP contribution in [-0.2, 0) is 9.59 Å². The van der Waals surface area contributed by atoms with E-state index in [0.29, 0.717) is 18.1 Å². The van der Waals surface area contributed by atoms with Crippen LogP contribution in [0.2, 0.25) is 0 Å². The maximum atomic E-state index is 13.6. The highest BCUT2D eigenvalue weighted by atomic mass is 32.2. The zero-order valence-corrected chi connectivity index (χ0v) is 12.8. The van der Waals surface area contributed by atoms with Gasteiger partial charge in [-0.3, -0.25) is 9.59 Å². The molecule has 1 aliphatic heterocycles. The molecule has 4 nitrogen and oxygen atoms in total. The summed E-state index contributed by atoms with van der Waals surface area (Å²) in [6.07, 6.45) is 2.22. The molecule has 2 rings (SSSR count). The van der Waals surface area contributed by atoms with Crippen molar-refractivity contribution in [1.82, 2.24) is 4.90 Å². The summed E-state index contributed by atoms with van der Waals surface area (Å²) in [6.45, 7) is 2.02. The summed E-state index contributed by atoms with van der Waals surface area (Å²) in [7, 11) is 0. The van der Waals surface area contributed by atoms with Crippen molar-refractivity contribution in [2.75, 3.05) is 16.9 Å². The van der Waals surface area contributed by atoms with Gasteiger partial charge in [-0.2, -0.15) is 0 Å². The van der Waals surface area contributed by atoms with E-state index in [1.54, 1.807) is 28.8 Å². The van der Waals surface area contributed by atoms with Crippen LogP contribution < -0.4 is 5.32 Å². The second kappa shape index (κ2) is 7.45. The van der Waals surface area contributed by atoms with E-state index >= 15 is 0 Å². The van der Waals surface area contributed by atoms with Gasteiger partial charge in [0.2, 0.25) is 11.8 Å². The number of unbranched alkanes of at least 4 members (excludes halogenated alkanes) is 1. The Kier molecular flexibility index (Phi) is 5.61.